The third-order valence-electron chi connectivity index (χ3n) is 3.01. The van der Waals surface area contributed by atoms with Crippen LogP contribution in [0.1, 0.15) is 23.2 Å². The zero-order valence-corrected chi connectivity index (χ0v) is 10.9. The van der Waals surface area contributed by atoms with E-state index in [-0.39, 0.29) is 12.0 Å². The number of carboxylic acid groups (broad SMARTS) is 2. The van der Waals surface area contributed by atoms with Crippen LogP contribution in [0.25, 0.3) is 0 Å². The Hall–Kier alpha value is -2.41. The van der Waals surface area contributed by atoms with Crippen LogP contribution < -0.4 is 5.73 Å². The Kier molecular flexibility index (Phi) is 4.82. The summed E-state index contributed by atoms with van der Waals surface area (Å²) in [6.45, 7) is 0. The highest BCUT2D eigenvalue weighted by Crippen LogP contribution is 2.18. The van der Waals surface area contributed by atoms with Crippen molar-refractivity contribution in [1.82, 2.24) is 4.90 Å². The molecule has 0 spiro atoms. The number of benzene rings is 1. The van der Waals surface area contributed by atoms with E-state index in [1.165, 1.54) is 19.2 Å². The second-order valence-corrected chi connectivity index (χ2v) is 4.35. The molecular formula is C13H16N2O5. The van der Waals surface area contributed by atoms with Crippen LogP contribution in [0.2, 0.25) is 0 Å². The largest absolute Gasteiger partial charge is 0.481 e. The van der Waals surface area contributed by atoms with Crippen molar-refractivity contribution in [3.05, 3.63) is 35.9 Å². The van der Waals surface area contributed by atoms with Crippen molar-refractivity contribution >= 4 is 17.8 Å². The third-order valence-corrected chi connectivity index (χ3v) is 3.01. The molecule has 0 aliphatic heterocycles. The van der Waals surface area contributed by atoms with Crippen molar-refractivity contribution in [2.24, 2.45) is 5.73 Å². The van der Waals surface area contributed by atoms with E-state index in [1.54, 1.807) is 18.2 Å². The fourth-order valence-corrected chi connectivity index (χ4v) is 1.67. The first-order valence-electron chi connectivity index (χ1n) is 5.86. The van der Waals surface area contributed by atoms with Crippen molar-refractivity contribution < 1.29 is 24.6 Å². The molecule has 0 saturated heterocycles. The van der Waals surface area contributed by atoms with Crippen LogP contribution in [-0.2, 0) is 9.59 Å². The van der Waals surface area contributed by atoms with Gasteiger partial charge >= 0.3 is 11.9 Å². The highest BCUT2D eigenvalue weighted by molar-refractivity contribution is 5.97. The van der Waals surface area contributed by atoms with E-state index in [0.29, 0.717) is 0 Å². The van der Waals surface area contributed by atoms with Crippen LogP contribution in [0.5, 0.6) is 0 Å². The Balaban J connectivity index is 2.99. The van der Waals surface area contributed by atoms with E-state index in [0.717, 1.165) is 4.90 Å². The Bertz CT molecular complexity index is 517. The molecule has 1 aromatic carbocycles. The van der Waals surface area contributed by atoms with Gasteiger partial charge in [0.2, 0.25) is 0 Å². The van der Waals surface area contributed by atoms with Crippen molar-refractivity contribution in [3.63, 3.8) is 0 Å². The molecule has 1 amide bonds. The average Bonchev–Trinajstić information content (AvgIpc) is 2.43. The van der Waals surface area contributed by atoms with E-state index < -0.39 is 29.9 Å². The zero-order valence-electron chi connectivity index (χ0n) is 10.9. The van der Waals surface area contributed by atoms with E-state index in [1.807, 2.05) is 0 Å². The van der Waals surface area contributed by atoms with Crippen LogP contribution in [0.4, 0.5) is 0 Å². The maximum absolute atomic E-state index is 12.2. The molecular weight excluding hydrogens is 264 g/mol. The highest BCUT2D eigenvalue weighted by Gasteiger charge is 2.41. The molecule has 1 aromatic rings. The van der Waals surface area contributed by atoms with E-state index in [2.05, 4.69) is 0 Å². The summed E-state index contributed by atoms with van der Waals surface area (Å²) in [5, 5.41) is 17.8. The summed E-state index contributed by atoms with van der Waals surface area (Å²) in [4.78, 5) is 34.9. The molecule has 0 aromatic heterocycles. The number of amides is 1. The Labute approximate surface area is 115 Å². The van der Waals surface area contributed by atoms with Gasteiger partial charge in [0.1, 0.15) is 0 Å². The second-order valence-electron chi connectivity index (χ2n) is 4.35. The molecule has 0 aliphatic rings. The van der Waals surface area contributed by atoms with Crippen molar-refractivity contribution in [2.75, 3.05) is 7.05 Å². The standard InChI is InChI=1S/C13H16N2O5/c1-15(11(18)9-5-3-2-4-6-9)13(14,12(19)20)8-7-10(16)17/h2-6H,7-8,14H2,1H3,(H,16,17)(H,19,20)/t13-/m0/s1. The van der Waals surface area contributed by atoms with Crippen molar-refractivity contribution in [3.8, 4) is 0 Å². The molecule has 0 aliphatic carbocycles. The van der Waals surface area contributed by atoms with Gasteiger partial charge < -0.3 is 15.1 Å². The zero-order chi connectivity index (χ0) is 15.3. The molecule has 0 heterocycles. The van der Waals surface area contributed by atoms with Crippen LogP contribution >= 0.6 is 0 Å². The molecule has 1 atom stereocenters. The summed E-state index contributed by atoms with van der Waals surface area (Å²) < 4.78 is 0. The van der Waals surface area contributed by atoms with E-state index in [4.69, 9.17) is 10.8 Å². The minimum Gasteiger partial charge on any atom is -0.481 e. The van der Waals surface area contributed by atoms with Gasteiger partial charge in [0.05, 0.1) is 0 Å². The first-order chi connectivity index (χ1) is 9.29. The molecule has 20 heavy (non-hydrogen) atoms. The number of rotatable bonds is 6. The number of hydrogen-bond acceptors (Lipinski definition) is 4. The Morgan fingerprint density at radius 1 is 1.20 bits per heavy atom. The molecule has 0 radical (unpaired) electrons. The summed E-state index contributed by atoms with van der Waals surface area (Å²) in [6, 6.07) is 8.04. The molecule has 0 fully saturated rings. The quantitative estimate of drug-likeness (QED) is 0.647. The smallest absolute Gasteiger partial charge is 0.344 e. The van der Waals surface area contributed by atoms with E-state index >= 15 is 0 Å². The number of hydrogen-bond donors (Lipinski definition) is 3. The lowest BCUT2D eigenvalue weighted by molar-refractivity contribution is -0.150. The van der Waals surface area contributed by atoms with Gasteiger partial charge in [-0.2, -0.15) is 0 Å². The lowest BCUT2D eigenvalue weighted by atomic mass is 10.0. The normalized spacial score (nSPS) is 13.3. The molecule has 0 unspecified atom stereocenters. The number of likely N-dealkylation sites (N-methyl/N-ethyl adjacent to an activating group) is 1. The second kappa shape index (κ2) is 6.16. The lowest BCUT2D eigenvalue weighted by Crippen LogP contribution is -2.62. The first-order valence-corrected chi connectivity index (χ1v) is 5.86. The van der Waals surface area contributed by atoms with Gasteiger partial charge in [0.15, 0.2) is 5.66 Å². The summed E-state index contributed by atoms with van der Waals surface area (Å²) in [5.41, 5.74) is 3.93. The number of carbonyl (C=O) groups excluding carboxylic acids is 1. The number of nitrogens with two attached hydrogens (primary N) is 1. The fraction of sp³-hybridized carbons (Fsp3) is 0.308. The van der Waals surface area contributed by atoms with Gasteiger partial charge in [0.25, 0.3) is 5.91 Å². The molecule has 1 rings (SSSR count). The molecule has 7 heteroatoms. The van der Waals surface area contributed by atoms with Crippen molar-refractivity contribution in [2.45, 2.75) is 18.5 Å². The molecule has 7 nitrogen and oxygen atoms in total. The van der Waals surface area contributed by atoms with Crippen LogP contribution in [0.15, 0.2) is 30.3 Å². The minimum absolute atomic E-state index is 0.279. The lowest BCUT2D eigenvalue weighted by Gasteiger charge is -2.34. The maximum Gasteiger partial charge on any atom is 0.344 e. The Morgan fingerprint density at radius 3 is 2.20 bits per heavy atom. The van der Waals surface area contributed by atoms with Gasteiger partial charge in [-0.15, -0.1) is 0 Å². The monoisotopic (exact) mass is 280 g/mol. The molecule has 108 valence electrons. The highest BCUT2D eigenvalue weighted by atomic mass is 16.4. The summed E-state index contributed by atoms with van der Waals surface area (Å²) >= 11 is 0. The summed E-state index contributed by atoms with van der Waals surface area (Å²) in [7, 11) is 1.24. The van der Waals surface area contributed by atoms with Gasteiger partial charge in [-0.25, -0.2) is 4.79 Å². The van der Waals surface area contributed by atoms with Crippen LogP contribution in [-0.4, -0.2) is 45.7 Å². The number of carboxylic acids is 2. The third kappa shape index (κ3) is 3.33. The van der Waals surface area contributed by atoms with Crippen LogP contribution in [0.3, 0.4) is 0 Å². The van der Waals surface area contributed by atoms with Gasteiger partial charge in [-0.05, 0) is 12.1 Å². The predicted octanol–water partition coefficient (Wildman–Crippen LogP) is 0.363. The van der Waals surface area contributed by atoms with E-state index in [9.17, 15) is 19.5 Å². The first kappa shape index (κ1) is 15.6. The summed E-state index contributed by atoms with van der Waals surface area (Å²) in [6.07, 6.45) is -0.831. The minimum atomic E-state index is -2.06. The maximum atomic E-state index is 12.2. The van der Waals surface area contributed by atoms with Crippen molar-refractivity contribution in [1.29, 1.82) is 0 Å². The Morgan fingerprint density at radius 2 is 1.75 bits per heavy atom. The number of carbonyl (C=O) groups is 3. The van der Waals surface area contributed by atoms with Crippen LogP contribution in [0, 0.1) is 0 Å². The molecule has 0 saturated carbocycles. The predicted molar refractivity (Wildman–Crippen MR) is 70.0 cm³/mol. The SMILES string of the molecule is CN(C(=O)c1ccccc1)[C@@](N)(CCC(=O)O)C(=O)O. The van der Waals surface area contributed by atoms with Gasteiger partial charge in [0, 0.05) is 25.5 Å². The summed E-state index contributed by atoms with van der Waals surface area (Å²) in [5.74, 6) is -3.21. The van der Waals surface area contributed by atoms with Gasteiger partial charge in [-0.1, -0.05) is 18.2 Å². The average molecular weight is 280 g/mol. The number of nitrogens with zero attached hydrogens (tertiary/aromatic N) is 1. The topological polar surface area (TPSA) is 121 Å². The van der Waals surface area contributed by atoms with Gasteiger partial charge in [-0.3, -0.25) is 15.3 Å². The number of aliphatic carboxylic acids is 2. The fourth-order valence-electron chi connectivity index (χ4n) is 1.67. The molecule has 0 bridgehead atoms. The molecule has 4 N–H and O–H groups in total.